The number of hydrogen-bond donors (Lipinski definition) is 0. The molecule has 0 saturated heterocycles. The van der Waals surface area contributed by atoms with E-state index in [-0.39, 0.29) is 22.6 Å². The second-order valence-electron chi connectivity index (χ2n) is 10.3. The minimum absolute atomic E-state index is 0.00939. The maximum Gasteiger partial charge on any atom is 0.201 e. The summed E-state index contributed by atoms with van der Waals surface area (Å²) in [6, 6.07) is 20.8. The molecule has 2 nitrogen and oxygen atoms in total. The van der Waals surface area contributed by atoms with Gasteiger partial charge in [-0.25, -0.2) is 8.78 Å². The number of unbranched alkanes of at least 4 members (excludes halogenated alkanes) is 4. The molecule has 0 aromatic heterocycles. The normalized spacial score (nSPS) is 10.7. The lowest BCUT2D eigenvalue weighted by Gasteiger charge is -2.10. The van der Waals surface area contributed by atoms with E-state index >= 15 is 0 Å². The van der Waals surface area contributed by atoms with E-state index in [9.17, 15) is 17.6 Å². The Bertz CT molecular complexity index is 1400. The molecular formula is C36H40F4O2. The lowest BCUT2D eigenvalue weighted by Crippen LogP contribution is -2.01. The van der Waals surface area contributed by atoms with Gasteiger partial charge in [-0.05, 0) is 62.1 Å². The summed E-state index contributed by atoms with van der Waals surface area (Å²) in [4.78, 5) is 0. The highest BCUT2D eigenvalue weighted by molar-refractivity contribution is 5.66. The second kappa shape index (κ2) is 16.6. The van der Waals surface area contributed by atoms with Crippen molar-refractivity contribution >= 4 is 0 Å². The van der Waals surface area contributed by atoms with Gasteiger partial charge in [0, 0.05) is 11.1 Å². The molecule has 0 aliphatic carbocycles. The van der Waals surface area contributed by atoms with Crippen molar-refractivity contribution in [1.82, 2.24) is 0 Å². The first-order valence-electron chi connectivity index (χ1n) is 14.6. The zero-order valence-electron chi connectivity index (χ0n) is 24.9. The van der Waals surface area contributed by atoms with Crippen molar-refractivity contribution in [1.29, 1.82) is 0 Å². The van der Waals surface area contributed by atoms with Crippen molar-refractivity contribution in [3.8, 4) is 33.8 Å². The molecule has 42 heavy (non-hydrogen) atoms. The van der Waals surface area contributed by atoms with Gasteiger partial charge in [0.2, 0.25) is 11.6 Å². The molecule has 0 aliphatic heterocycles. The van der Waals surface area contributed by atoms with Gasteiger partial charge in [-0.2, -0.15) is 8.78 Å². The highest BCUT2D eigenvalue weighted by Crippen LogP contribution is 2.31. The molecule has 0 spiro atoms. The minimum Gasteiger partial charge on any atom is -0.490 e. The lowest BCUT2D eigenvalue weighted by molar-refractivity contribution is 0.285. The summed E-state index contributed by atoms with van der Waals surface area (Å²) in [5.41, 5.74) is 4.00. The molecule has 4 aromatic carbocycles. The molecule has 0 fully saturated rings. The molecule has 0 amide bonds. The zero-order chi connectivity index (χ0) is 30.5. The van der Waals surface area contributed by atoms with Crippen LogP contribution in [0.5, 0.6) is 11.5 Å². The Hall–Kier alpha value is -3.80. The number of halogens is 4. The van der Waals surface area contributed by atoms with Gasteiger partial charge >= 0.3 is 0 Å². The summed E-state index contributed by atoms with van der Waals surface area (Å²) in [7, 11) is 0. The fourth-order valence-corrected chi connectivity index (χ4v) is 4.24. The van der Waals surface area contributed by atoms with E-state index in [1.807, 2.05) is 45.0 Å². The molecule has 4 aromatic rings. The van der Waals surface area contributed by atoms with Gasteiger partial charge in [0.1, 0.15) is 0 Å². The molecule has 0 radical (unpaired) electrons. The molecule has 0 saturated carbocycles. The molecule has 0 bridgehead atoms. The van der Waals surface area contributed by atoms with E-state index in [0.29, 0.717) is 24.3 Å². The van der Waals surface area contributed by atoms with Crippen LogP contribution >= 0.6 is 0 Å². The number of hydrogen-bond acceptors (Lipinski definition) is 2. The third-order valence-corrected chi connectivity index (χ3v) is 6.83. The van der Waals surface area contributed by atoms with Gasteiger partial charge in [-0.15, -0.1) is 0 Å². The highest BCUT2D eigenvalue weighted by Gasteiger charge is 2.17. The van der Waals surface area contributed by atoms with Crippen LogP contribution in [0.15, 0.2) is 72.8 Å². The summed E-state index contributed by atoms with van der Waals surface area (Å²) in [6.45, 7) is 8.86. The van der Waals surface area contributed by atoms with Crippen LogP contribution in [0.4, 0.5) is 17.6 Å². The van der Waals surface area contributed by atoms with Gasteiger partial charge < -0.3 is 9.47 Å². The summed E-state index contributed by atoms with van der Waals surface area (Å²) in [6.07, 6.45) is 5.93. The third kappa shape index (κ3) is 9.10. The van der Waals surface area contributed by atoms with Crippen LogP contribution in [0.3, 0.4) is 0 Å². The standard InChI is InChI=1S/C19H22F2O.C17H18F2O/c1-3-4-5-6-13-22-17-12-11-16(18(20)19(17)21)15-9-7-14(2)8-10-15;1-3-4-11-20-15-10-9-14(16(18)17(15)19)13-7-5-12(2)6-8-13/h7-12H,3-6,13H2,1-2H3;5-10H,3-4,11H2,1-2H3. The average molecular weight is 581 g/mol. The van der Waals surface area contributed by atoms with Gasteiger partial charge in [0.05, 0.1) is 13.2 Å². The van der Waals surface area contributed by atoms with Crippen molar-refractivity contribution in [2.24, 2.45) is 0 Å². The largest absolute Gasteiger partial charge is 0.490 e. The molecule has 224 valence electrons. The van der Waals surface area contributed by atoms with Crippen molar-refractivity contribution in [3.63, 3.8) is 0 Å². The maximum atomic E-state index is 14.2. The van der Waals surface area contributed by atoms with Crippen LogP contribution < -0.4 is 9.47 Å². The first-order valence-corrected chi connectivity index (χ1v) is 14.6. The second-order valence-corrected chi connectivity index (χ2v) is 10.3. The van der Waals surface area contributed by atoms with Crippen molar-refractivity contribution < 1.29 is 27.0 Å². The summed E-state index contributed by atoms with van der Waals surface area (Å²) in [5.74, 6) is -3.57. The van der Waals surface area contributed by atoms with Crippen LogP contribution in [0.25, 0.3) is 22.3 Å². The quantitative estimate of drug-likeness (QED) is 0.123. The van der Waals surface area contributed by atoms with Crippen LogP contribution in [-0.2, 0) is 0 Å². The Balaban J connectivity index is 0.000000231. The number of benzene rings is 4. The topological polar surface area (TPSA) is 18.5 Å². The fraction of sp³-hybridized carbons (Fsp3) is 0.333. The van der Waals surface area contributed by atoms with E-state index in [1.165, 1.54) is 12.1 Å². The molecular weight excluding hydrogens is 540 g/mol. The highest BCUT2D eigenvalue weighted by atomic mass is 19.2. The van der Waals surface area contributed by atoms with Gasteiger partial charge in [-0.3, -0.25) is 0 Å². The molecule has 6 heteroatoms. The number of ether oxygens (including phenoxy) is 2. The smallest absolute Gasteiger partial charge is 0.201 e. The number of aryl methyl sites for hydroxylation is 2. The first kappa shape index (κ1) is 32.7. The van der Waals surface area contributed by atoms with Crippen LogP contribution in [0, 0.1) is 37.1 Å². The van der Waals surface area contributed by atoms with Crippen LogP contribution in [0.1, 0.15) is 63.5 Å². The van der Waals surface area contributed by atoms with E-state index in [1.54, 1.807) is 36.4 Å². The monoisotopic (exact) mass is 580 g/mol. The minimum atomic E-state index is -0.917. The van der Waals surface area contributed by atoms with E-state index in [0.717, 1.165) is 49.7 Å². The zero-order valence-corrected chi connectivity index (χ0v) is 24.9. The van der Waals surface area contributed by atoms with E-state index < -0.39 is 23.3 Å². The van der Waals surface area contributed by atoms with Crippen LogP contribution in [0.2, 0.25) is 0 Å². The van der Waals surface area contributed by atoms with Gasteiger partial charge in [0.25, 0.3) is 0 Å². The Morgan fingerprint density at radius 1 is 0.452 bits per heavy atom. The number of rotatable bonds is 12. The van der Waals surface area contributed by atoms with Crippen molar-refractivity contribution in [2.45, 2.75) is 66.2 Å². The molecule has 0 atom stereocenters. The van der Waals surface area contributed by atoms with Crippen LogP contribution in [-0.4, -0.2) is 13.2 Å². The Kier molecular flexibility index (Phi) is 12.9. The lowest BCUT2D eigenvalue weighted by atomic mass is 10.0. The molecule has 0 unspecified atom stereocenters. The molecule has 0 heterocycles. The van der Waals surface area contributed by atoms with Crippen molar-refractivity contribution in [3.05, 3.63) is 107 Å². The van der Waals surface area contributed by atoms with Gasteiger partial charge in [-0.1, -0.05) is 99.2 Å². The Morgan fingerprint density at radius 3 is 1.26 bits per heavy atom. The Labute approximate surface area is 247 Å². The molecule has 0 aliphatic rings. The van der Waals surface area contributed by atoms with Gasteiger partial charge in [0.15, 0.2) is 23.1 Å². The first-order chi connectivity index (χ1) is 20.3. The summed E-state index contributed by atoms with van der Waals surface area (Å²) >= 11 is 0. The predicted octanol–water partition coefficient (Wildman–Crippen LogP) is 11.0. The maximum absolute atomic E-state index is 14.2. The third-order valence-electron chi connectivity index (χ3n) is 6.83. The SMILES string of the molecule is CCCCCCOc1ccc(-c2ccc(C)cc2)c(F)c1F.CCCCOc1ccc(-c2ccc(C)cc2)c(F)c1F. The molecule has 4 rings (SSSR count). The summed E-state index contributed by atoms with van der Waals surface area (Å²) < 4.78 is 67.0. The summed E-state index contributed by atoms with van der Waals surface area (Å²) in [5, 5.41) is 0. The van der Waals surface area contributed by atoms with E-state index in [2.05, 4.69) is 6.92 Å². The average Bonchev–Trinajstić information content (AvgIpc) is 2.99. The predicted molar refractivity (Wildman–Crippen MR) is 163 cm³/mol. The van der Waals surface area contributed by atoms with Crippen molar-refractivity contribution in [2.75, 3.05) is 13.2 Å². The van der Waals surface area contributed by atoms with E-state index in [4.69, 9.17) is 9.47 Å². The molecule has 0 N–H and O–H groups in total. The fourth-order valence-electron chi connectivity index (χ4n) is 4.24. The Morgan fingerprint density at radius 2 is 0.857 bits per heavy atom.